The van der Waals surface area contributed by atoms with Crippen LogP contribution in [0.25, 0.3) is 118 Å². The third kappa shape index (κ3) is 4.98. The van der Waals surface area contributed by atoms with E-state index in [0.29, 0.717) is 17.5 Å². The average molecular weight is 748 g/mol. The van der Waals surface area contributed by atoms with Gasteiger partial charge in [0, 0.05) is 57.0 Å². The number of thiophene rings is 2. The Bertz CT molecular complexity index is 3540. The van der Waals surface area contributed by atoms with Crippen molar-refractivity contribution in [1.29, 1.82) is 0 Å². The minimum absolute atomic E-state index is 0.656. The highest BCUT2D eigenvalue weighted by Crippen LogP contribution is 2.46. The Balaban J connectivity index is 1.12. The zero-order valence-electron chi connectivity index (χ0n) is 29.9. The van der Waals surface area contributed by atoms with Crippen molar-refractivity contribution in [2.45, 2.75) is 0 Å². The molecule has 0 amide bonds. The van der Waals surface area contributed by atoms with Crippen LogP contribution < -0.4 is 0 Å². The molecule has 0 fully saturated rings. The summed E-state index contributed by atoms with van der Waals surface area (Å²) < 4.78 is 5.08. The van der Waals surface area contributed by atoms with Crippen LogP contribution >= 0.6 is 22.7 Å². The molecule has 5 heteroatoms. The van der Waals surface area contributed by atoms with Crippen LogP contribution in [0.2, 0.25) is 0 Å². The number of hydrogen-bond acceptors (Lipinski definition) is 5. The van der Waals surface area contributed by atoms with E-state index in [4.69, 9.17) is 15.0 Å². The molecule has 0 unspecified atom stereocenters. The second-order valence-electron chi connectivity index (χ2n) is 14.4. The first-order valence-electron chi connectivity index (χ1n) is 18.8. The number of benzene rings is 9. The fraction of sp³-hybridized carbons (Fsp3) is 0. The van der Waals surface area contributed by atoms with Crippen LogP contribution in [0.4, 0.5) is 0 Å². The van der Waals surface area contributed by atoms with Crippen molar-refractivity contribution in [3.05, 3.63) is 176 Å². The molecule has 0 saturated carbocycles. The Hall–Kier alpha value is -6.79. The molecule has 0 saturated heterocycles. The van der Waals surface area contributed by atoms with Gasteiger partial charge in [-0.25, -0.2) is 15.0 Å². The van der Waals surface area contributed by atoms with E-state index < -0.39 is 0 Å². The van der Waals surface area contributed by atoms with Gasteiger partial charge in [-0.3, -0.25) is 0 Å². The van der Waals surface area contributed by atoms with Gasteiger partial charge in [-0.15, -0.1) is 22.7 Å². The smallest absolute Gasteiger partial charge is 0.165 e. The molecule has 0 aliphatic rings. The fourth-order valence-corrected chi connectivity index (χ4v) is 10.7. The molecule has 260 valence electrons. The van der Waals surface area contributed by atoms with Gasteiger partial charge in [-0.2, -0.15) is 0 Å². The van der Waals surface area contributed by atoms with E-state index in [1.165, 1.54) is 62.2 Å². The lowest BCUT2D eigenvalue weighted by Crippen LogP contribution is -2.01. The summed E-state index contributed by atoms with van der Waals surface area (Å²) in [6.45, 7) is 0. The van der Waals surface area contributed by atoms with Crippen molar-refractivity contribution in [3.63, 3.8) is 0 Å². The quantitative estimate of drug-likeness (QED) is 0.180. The highest BCUT2D eigenvalue weighted by atomic mass is 32.1. The fourth-order valence-electron chi connectivity index (χ4n) is 8.40. The van der Waals surface area contributed by atoms with Crippen molar-refractivity contribution in [2.75, 3.05) is 0 Å². The Morgan fingerprint density at radius 3 is 1.70 bits per heavy atom. The molecule has 0 N–H and O–H groups in total. The summed E-state index contributed by atoms with van der Waals surface area (Å²) in [7, 11) is 0. The predicted molar refractivity (Wildman–Crippen MR) is 240 cm³/mol. The minimum atomic E-state index is 0.656. The van der Waals surface area contributed by atoms with Crippen LogP contribution in [0.15, 0.2) is 176 Å². The number of nitrogens with zero attached hydrogens (tertiary/aromatic N) is 3. The van der Waals surface area contributed by atoms with E-state index in [9.17, 15) is 0 Å². The first-order valence-corrected chi connectivity index (χ1v) is 20.4. The Morgan fingerprint density at radius 2 is 0.875 bits per heavy atom. The molecule has 56 heavy (non-hydrogen) atoms. The molecule has 0 aliphatic carbocycles. The average Bonchev–Trinajstić information content (AvgIpc) is 3.81. The van der Waals surface area contributed by atoms with Crippen LogP contribution in [0.5, 0.6) is 0 Å². The first-order chi connectivity index (χ1) is 27.7. The number of hydrogen-bond donors (Lipinski definition) is 0. The van der Waals surface area contributed by atoms with E-state index in [2.05, 4.69) is 158 Å². The summed E-state index contributed by atoms with van der Waals surface area (Å²) in [6, 6.07) is 63.2. The summed E-state index contributed by atoms with van der Waals surface area (Å²) in [6.07, 6.45) is 0. The number of aromatic nitrogens is 3. The standard InChI is InChI=1S/C51H29N3S2/c1-2-12-31(13-3-1)49-52-50(39-20-10-17-30-11-6-8-18-37(30)39)54-51(53-49)48-38-19-9-7-16-36(38)29-46-47(48)42-27-35(22-24-44(42)56-46)34-21-23-43-40(26-34)41-25-32-14-4-5-15-33(32)28-45(41)55-43/h1-29H. The minimum Gasteiger partial charge on any atom is -0.208 e. The van der Waals surface area contributed by atoms with Crippen molar-refractivity contribution in [3.8, 4) is 45.3 Å². The van der Waals surface area contributed by atoms with Gasteiger partial charge in [0.2, 0.25) is 0 Å². The first kappa shape index (κ1) is 31.5. The third-order valence-electron chi connectivity index (χ3n) is 11.1. The Labute approximate surface area is 329 Å². The summed E-state index contributed by atoms with van der Waals surface area (Å²) in [5.74, 6) is 1.99. The molecule has 0 aliphatic heterocycles. The molecule has 12 rings (SSSR count). The molecule has 3 nitrogen and oxygen atoms in total. The molecule has 0 spiro atoms. The lowest BCUT2D eigenvalue weighted by Gasteiger charge is -2.13. The summed E-state index contributed by atoms with van der Waals surface area (Å²) in [4.78, 5) is 15.8. The van der Waals surface area contributed by atoms with Crippen LogP contribution in [0, 0.1) is 0 Å². The molecule has 0 radical (unpaired) electrons. The molecule has 9 aromatic carbocycles. The molecule has 0 bridgehead atoms. The zero-order valence-corrected chi connectivity index (χ0v) is 31.5. The lowest BCUT2D eigenvalue weighted by atomic mass is 9.95. The molecule has 12 aromatic rings. The van der Waals surface area contributed by atoms with E-state index in [1.54, 1.807) is 0 Å². The molecule has 3 heterocycles. The topological polar surface area (TPSA) is 38.7 Å². The number of fused-ring (bicyclic) bond motifs is 9. The van der Waals surface area contributed by atoms with E-state index in [0.717, 1.165) is 38.2 Å². The van der Waals surface area contributed by atoms with Crippen molar-refractivity contribution in [2.24, 2.45) is 0 Å². The number of rotatable bonds is 4. The van der Waals surface area contributed by atoms with Gasteiger partial charge < -0.3 is 0 Å². The molecule has 0 atom stereocenters. The van der Waals surface area contributed by atoms with Crippen molar-refractivity contribution < 1.29 is 0 Å². The maximum Gasteiger partial charge on any atom is 0.165 e. The van der Waals surface area contributed by atoms with Gasteiger partial charge >= 0.3 is 0 Å². The second-order valence-corrected chi connectivity index (χ2v) is 16.5. The Morgan fingerprint density at radius 1 is 0.304 bits per heavy atom. The molecular formula is C51H29N3S2. The predicted octanol–water partition coefficient (Wildman–Crippen LogP) is 14.7. The van der Waals surface area contributed by atoms with Crippen LogP contribution in [0.1, 0.15) is 0 Å². The van der Waals surface area contributed by atoms with Crippen LogP contribution in [0.3, 0.4) is 0 Å². The monoisotopic (exact) mass is 747 g/mol. The second kappa shape index (κ2) is 12.4. The lowest BCUT2D eigenvalue weighted by molar-refractivity contribution is 1.08. The van der Waals surface area contributed by atoms with Gasteiger partial charge in [0.1, 0.15) is 0 Å². The van der Waals surface area contributed by atoms with Crippen molar-refractivity contribution in [1.82, 2.24) is 15.0 Å². The van der Waals surface area contributed by atoms with Gasteiger partial charge in [0.05, 0.1) is 0 Å². The summed E-state index contributed by atoms with van der Waals surface area (Å²) in [5.41, 5.74) is 5.38. The van der Waals surface area contributed by atoms with Gasteiger partial charge in [0.15, 0.2) is 17.5 Å². The highest BCUT2D eigenvalue weighted by molar-refractivity contribution is 7.26. The zero-order chi connectivity index (χ0) is 36.7. The van der Waals surface area contributed by atoms with Gasteiger partial charge in [0.25, 0.3) is 0 Å². The maximum atomic E-state index is 5.38. The SMILES string of the molecule is c1ccc(-c2nc(-c3cccc4ccccc34)nc(-c3c4ccccc4cc4sc5ccc(-c6ccc7sc8cc9ccccc9cc8c7c6)cc5c34)n2)cc1. The third-order valence-corrected chi connectivity index (χ3v) is 13.3. The normalized spacial score (nSPS) is 11.9. The highest BCUT2D eigenvalue weighted by Gasteiger charge is 2.21. The van der Waals surface area contributed by atoms with E-state index in [1.807, 2.05) is 40.9 Å². The van der Waals surface area contributed by atoms with Crippen LogP contribution in [-0.2, 0) is 0 Å². The van der Waals surface area contributed by atoms with Crippen molar-refractivity contribution >= 4 is 95.3 Å². The van der Waals surface area contributed by atoms with E-state index >= 15 is 0 Å². The molecule has 3 aromatic heterocycles. The Kier molecular flexibility index (Phi) is 6.97. The molecular weight excluding hydrogens is 719 g/mol. The van der Waals surface area contributed by atoms with Crippen LogP contribution in [-0.4, -0.2) is 15.0 Å². The summed E-state index contributed by atoms with van der Waals surface area (Å²) >= 11 is 3.70. The van der Waals surface area contributed by atoms with Gasteiger partial charge in [-0.05, 0) is 85.9 Å². The van der Waals surface area contributed by atoms with E-state index in [-0.39, 0.29) is 0 Å². The summed E-state index contributed by atoms with van der Waals surface area (Å²) in [5, 5.41) is 12.1. The van der Waals surface area contributed by atoms with Gasteiger partial charge in [-0.1, -0.05) is 133 Å². The maximum absolute atomic E-state index is 5.38. The largest absolute Gasteiger partial charge is 0.208 e.